The van der Waals surface area contributed by atoms with E-state index in [0.29, 0.717) is 6.54 Å². The van der Waals surface area contributed by atoms with E-state index in [9.17, 15) is 19.2 Å². The van der Waals surface area contributed by atoms with Crippen LogP contribution in [0.4, 0.5) is 16.6 Å². The molecule has 2 aromatic rings. The highest BCUT2D eigenvalue weighted by molar-refractivity contribution is 7.99. The summed E-state index contributed by atoms with van der Waals surface area (Å²) in [4.78, 5) is 68.1. The van der Waals surface area contributed by atoms with E-state index >= 15 is 0 Å². The van der Waals surface area contributed by atoms with Gasteiger partial charge >= 0.3 is 6.03 Å². The van der Waals surface area contributed by atoms with Gasteiger partial charge in [0.05, 0.1) is 28.3 Å². The predicted molar refractivity (Wildman–Crippen MR) is 151 cm³/mol. The van der Waals surface area contributed by atoms with E-state index in [-0.39, 0.29) is 24.1 Å². The van der Waals surface area contributed by atoms with Gasteiger partial charge in [-0.25, -0.2) is 14.8 Å². The summed E-state index contributed by atoms with van der Waals surface area (Å²) in [6.07, 6.45) is 1.01. The number of nitrogens with one attached hydrogen (secondary N) is 2. The van der Waals surface area contributed by atoms with Crippen molar-refractivity contribution < 1.29 is 19.2 Å². The van der Waals surface area contributed by atoms with E-state index in [2.05, 4.69) is 25.3 Å². The summed E-state index contributed by atoms with van der Waals surface area (Å²) >= 11 is 1.86. The monoisotopic (exact) mass is 577 g/mol. The Kier molecular flexibility index (Phi) is 6.75. The average Bonchev–Trinajstić information content (AvgIpc) is 3.56. The van der Waals surface area contributed by atoms with Gasteiger partial charge in [-0.3, -0.25) is 24.6 Å². The van der Waals surface area contributed by atoms with Crippen LogP contribution < -0.4 is 20.4 Å². The first kappa shape index (κ1) is 26.2. The Morgan fingerprint density at radius 2 is 1.61 bits per heavy atom. The number of thioether (sulfide) groups is 1. The summed E-state index contributed by atoms with van der Waals surface area (Å²) in [5, 5.41) is 7.44. The zero-order valence-corrected chi connectivity index (χ0v) is 23.4. The minimum Gasteiger partial charge on any atom is -0.353 e. The van der Waals surface area contributed by atoms with Crippen molar-refractivity contribution in [1.82, 2.24) is 35.5 Å². The van der Waals surface area contributed by atoms with E-state index in [1.165, 1.54) is 4.90 Å². The van der Waals surface area contributed by atoms with Crippen molar-refractivity contribution in [3.8, 4) is 0 Å². The minimum atomic E-state index is -0.764. The fraction of sp³-hybridized carbons (Fsp3) is 0.481. The fourth-order valence-corrected chi connectivity index (χ4v) is 7.09. The van der Waals surface area contributed by atoms with Gasteiger partial charge in [-0.2, -0.15) is 9.99 Å². The van der Waals surface area contributed by atoms with Gasteiger partial charge in [0.15, 0.2) is 0 Å². The third-order valence-corrected chi connectivity index (χ3v) is 9.29. The molecule has 5 aliphatic rings. The van der Waals surface area contributed by atoms with Crippen LogP contribution in [-0.2, 0) is 17.8 Å². The van der Waals surface area contributed by atoms with Crippen molar-refractivity contribution in [2.24, 2.45) is 0 Å². The second kappa shape index (κ2) is 10.6. The fourth-order valence-electron chi connectivity index (χ4n) is 5.97. The molecule has 2 N–H and O–H groups in total. The number of nitrogens with zero attached hydrogens (tertiary/aromatic N) is 7. The number of aromatic nitrogens is 2. The first-order valence-electron chi connectivity index (χ1n) is 14.1. The number of fused-ring (bicyclic) bond motifs is 2. The maximum atomic E-state index is 13.2. The molecule has 0 spiro atoms. The summed E-state index contributed by atoms with van der Waals surface area (Å²) in [6.45, 7) is 7.68. The summed E-state index contributed by atoms with van der Waals surface area (Å²) in [6, 6.07) is 4.50. The van der Waals surface area contributed by atoms with Crippen molar-refractivity contribution in [3.63, 3.8) is 0 Å². The van der Waals surface area contributed by atoms with Crippen LogP contribution in [-0.4, -0.2) is 113 Å². The molecule has 5 aliphatic heterocycles. The number of piperazine rings is 2. The molecule has 1 aromatic heterocycles. The second-order valence-corrected chi connectivity index (χ2v) is 11.9. The number of hydrogen-bond acceptors (Lipinski definition) is 11. The molecule has 3 saturated heterocycles. The van der Waals surface area contributed by atoms with Gasteiger partial charge in [0.25, 0.3) is 11.8 Å². The molecule has 7 rings (SSSR count). The van der Waals surface area contributed by atoms with Crippen molar-refractivity contribution in [2.75, 3.05) is 74.5 Å². The number of hydrazine groups is 1. The van der Waals surface area contributed by atoms with E-state index in [1.54, 1.807) is 12.1 Å². The Balaban J connectivity index is 1.02. The summed E-state index contributed by atoms with van der Waals surface area (Å²) in [5.41, 5.74) is 2.63. The molecule has 0 unspecified atom stereocenters. The van der Waals surface area contributed by atoms with Gasteiger partial charge in [-0.1, -0.05) is 6.07 Å². The molecule has 13 nitrogen and oxygen atoms in total. The predicted octanol–water partition coefficient (Wildman–Crippen LogP) is 0.310. The third kappa shape index (κ3) is 4.79. The van der Waals surface area contributed by atoms with Crippen LogP contribution in [0.15, 0.2) is 23.1 Å². The highest BCUT2D eigenvalue weighted by atomic mass is 32.2. The summed E-state index contributed by atoms with van der Waals surface area (Å²) in [5.74, 6) is 1.42. The molecule has 3 fully saturated rings. The number of benzene rings is 1. The van der Waals surface area contributed by atoms with Crippen molar-refractivity contribution >= 4 is 47.3 Å². The number of hydrogen-bond donors (Lipinski definition) is 2. The maximum Gasteiger partial charge on any atom is 0.343 e. The molecule has 0 aliphatic carbocycles. The first-order chi connectivity index (χ1) is 20.0. The number of carbonyl (C=O) groups is 4. The maximum absolute atomic E-state index is 13.2. The van der Waals surface area contributed by atoms with Gasteiger partial charge in [0.1, 0.15) is 5.82 Å². The normalized spacial score (nSPS) is 21.5. The van der Waals surface area contributed by atoms with Gasteiger partial charge < -0.3 is 15.1 Å². The Bertz CT molecular complexity index is 1440. The Labute approximate surface area is 241 Å². The van der Waals surface area contributed by atoms with E-state index in [0.717, 1.165) is 97.6 Å². The molecule has 0 atom stereocenters. The summed E-state index contributed by atoms with van der Waals surface area (Å²) in [7, 11) is 0. The average molecular weight is 578 g/mol. The van der Waals surface area contributed by atoms with Crippen molar-refractivity contribution in [3.05, 3.63) is 40.6 Å². The van der Waals surface area contributed by atoms with E-state index in [1.807, 2.05) is 17.8 Å². The molecule has 5 amide bonds. The third-order valence-electron chi connectivity index (χ3n) is 8.17. The van der Waals surface area contributed by atoms with Crippen LogP contribution in [0, 0.1) is 0 Å². The Morgan fingerprint density at radius 1 is 0.829 bits per heavy atom. The highest BCUT2D eigenvalue weighted by Gasteiger charge is 2.43. The quantitative estimate of drug-likeness (QED) is 0.476. The van der Waals surface area contributed by atoms with E-state index in [4.69, 9.17) is 9.97 Å². The van der Waals surface area contributed by atoms with Gasteiger partial charge in [0.2, 0.25) is 11.9 Å². The number of anilines is 2. The van der Waals surface area contributed by atoms with Gasteiger partial charge in [0, 0.05) is 77.5 Å². The van der Waals surface area contributed by atoms with Crippen LogP contribution in [0.3, 0.4) is 0 Å². The topological polar surface area (TPSA) is 134 Å². The molecular formula is C27H31N9O4S. The smallest absolute Gasteiger partial charge is 0.343 e. The lowest BCUT2D eigenvalue weighted by Crippen LogP contribution is -2.58. The molecular weight excluding hydrogens is 546 g/mol. The number of amides is 5. The van der Waals surface area contributed by atoms with Crippen LogP contribution in [0.2, 0.25) is 0 Å². The lowest BCUT2D eigenvalue weighted by molar-refractivity contribution is -0.122. The molecule has 14 heteroatoms. The summed E-state index contributed by atoms with van der Waals surface area (Å²) < 4.78 is 0. The van der Waals surface area contributed by atoms with Crippen LogP contribution in [0.1, 0.15) is 38.4 Å². The molecule has 6 heterocycles. The van der Waals surface area contributed by atoms with Crippen molar-refractivity contribution in [1.29, 1.82) is 0 Å². The van der Waals surface area contributed by atoms with Gasteiger partial charge in [-0.05, 0) is 17.7 Å². The number of imide groups is 2. The molecule has 1 aromatic carbocycles. The molecule has 214 valence electrons. The SMILES string of the molecule is O=C1CCN(N2C(=O)c3ccc(CN4CCN(c5nc6c(c(N7CCNCC7)n5)SCC6)CC4)cc3C2=O)C(=O)N1. The largest absolute Gasteiger partial charge is 0.353 e. The number of aryl methyl sites for hydroxylation is 1. The number of rotatable bonds is 5. The van der Waals surface area contributed by atoms with Crippen molar-refractivity contribution in [2.45, 2.75) is 24.3 Å². The lowest BCUT2D eigenvalue weighted by atomic mass is 10.1. The lowest BCUT2D eigenvalue weighted by Gasteiger charge is -2.36. The van der Waals surface area contributed by atoms with Crippen LogP contribution in [0.25, 0.3) is 0 Å². The first-order valence-corrected chi connectivity index (χ1v) is 15.0. The molecule has 0 saturated carbocycles. The minimum absolute atomic E-state index is 0.0171. The zero-order chi connectivity index (χ0) is 28.1. The highest BCUT2D eigenvalue weighted by Crippen LogP contribution is 2.38. The standard InChI is InChI=1S/C27H31N9O4S/c37-21-3-7-35(27(40)30-21)36-24(38)18-2-1-17(15-19(18)25(36)39)16-32-10-12-34(13-11-32)26-29-20-4-14-41-22(20)23(31-26)33-8-5-28-6-9-33/h1-2,15,28H,3-14,16H2,(H,30,37,40). The number of carbonyl (C=O) groups excluding carboxylic acids is 4. The molecule has 41 heavy (non-hydrogen) atoms. The van der Waals surface area contributed by atoms with E-state index < -0.39 is 23.8 Å². The zero-order valence-electron chi connectivity index (χ0n) is 22.6. The second-order valence-electron chi connectivity index (χ2n) is 10.8. The van der Waals surface area contributed by atoms with Gasteiger partial charge in [-0.15, -0.1) is 11.8 Å². The molecule has 0 radical (unpaired) electrons. The van der Waals surface area contributed by atoms with Crippen LogP contribution in [0.5, 0.6) is 0 Å². The Morgan fingerprint density at radius 3 is 2.39 bits per heavy atom. The molecule has 0 bridgehead atoms. The Hall–Kier alpha value is -3.75. The number of urea groups is 1. The van der Waals surface area contributed by atoms with Crippen LogP contribution >= 0.6 is 11.8 Å².